The van der Waals surface area contributed by atoms with Crippen molar-refractivity contribution in [1.82, 2.24) is 10.3 Å². The van der Waals surface area contributed by atoms with E-state index in [1.54, 1.807) is 25.1 Å². The Morgan fingerprint density at radius 3 is 3.06 bits per heavy atom. The molecule has 1 atom stereocenters. The van der Waals surface area contributed by atoms with Crippen LogP contribution in [0.25, 0.3) is 11.1 Å². The summed E-state index contributed by atoms with van der Waals surface area (Å²) in [5.41, 5.74) is 7.37. The number of benzene rings is 1. The van der Waals surface area contributed by atoms with Crippen LogP contribution in [-0.2, 0) is 11.3 Å². The van der Waals surface area contributed by atoms with E-state index in [2.05, 4.69) is 10.3 Å². The van der Waals surface area contributed by atoms with E-state index in [0.717, 1.165) is 5.56 Å². The SMILES string of the molecule is CC(N)C(=O)NCc1ccc2[nH]c(=O)oc2c1. The number of hydrogen-bond donors (Lipinski definition) is 3. The maximum Gasteiger partial charge on any atom is 0.417 e. The van der Waals surface area contributed by atoms with Crippen molar-refractivity contribution < 1.29 is 9.21 Å². The van der Waals surface area contributed by atoms with E-state index in [-0.39, 0.29) is 5.91 Å². The highest BCUT2D eigenvalue weighted by molar-refractivity contribution is 5.81. The minimum Gasteiger partial charge on any atom is -0.408 e. The Morgan fingerprint density at radius 1 is 1.59 bits per heavy atom. The normalized spacial score (nSPS) is 12.6. The molecule has 4 N–H and O–H groups in total. The summed E-state index contributed by atoms with van der Waals surface area (Å²) in [6.07, 6.45) is 0. The number of aromatic nitrogens is 1. The third-order valence-electron chi connectivity index (χ3n) is 2.37. The largest absolute Gasteiger partial charge is 0.417 e. The molecule has 0 aliphatic heterocycles. The van der Waals surface area contributed by atoms with E-state index < -0.39 is 11.8 Å². The van der Waals surface area contributed by atoms with Crippen molar-refractivity contribution >= 4 is 17.0 Å². The predicted molar refractivity (Wildman–Crippen MR) is 62.3 cm³/mol. The number of carbonyl (C=O) groups is 1. The van der Waals surface area contributed by atoms with Gasteiger partial charge in [-0.3, -0.25) is 9.78 Å². The Labute approximate surface area is 96.8 Å². The zero-order chi connectivity index (χ0) is 12.4. The van der Waals surface area contributed by atoms with Gasteiger partial charge in [-0.05, 0) is 24.6 Å². The summed E-state index contributed by atoms with van der Waals surface area (Å²) in [7, 11) is 0. The molecule has 0 saturated carbocycles. The van der Waals surface area contributed by atoms with Crippen LogP contribution in [-0.4, -0.2) is 16.9 Å². The van der Waals surface area contributed by atoms with Gasteiger partial charge < -0.3 is 15.5 Å². The highest BCUT2D eigenvalue weighted by atomic mass is 16.4. The van der Waals surface area contributed by atoms with Crippen LogP contribution in [0.4, 0.5) is 0 Å². The highest BCUT2D eigenvalue weighted by Crippen LogP contribution is 2.11. The summed E-state index contributed by atoms with van der Waals surface area (Å²) in [6.45, 7) is 1.97. The number of aromatic amines is 1. The molecule has 0 bridgehead atoms. The average Bonchev–Trinajstić information content (AvgIpc) is 2.64. The first-order valence-corrected chi connectivity index (χ1v) is 5.21. The Balaban J connectivity index is 2.14. The fourth-order valence-electron chi connectivity index (χ4n) is 1.45. The first-order valence-electron chi connectivity index (χ1n) is 5.21. The van der Waals surface area contributed by atoms with Crippen LogP contribution in [0.2, 0.25) is 0 Å². The van der Waals surface area contributed by atoms with Gasteiger partial charge in [-0.1, -0.05) is 6.07 Å². The number of nitrogens with two attached hydrogens (primary N) is 1. The molecule has 0 saturated heterocycles. The Hall–Kier alpha value is -2.08. The summed E-state index contributed by atoms with van der Waals surface area (Å²) in [5, 5.41) is 2.68. The van der Waals surface area contributed by atoms with E-state index in [1.807, 2.05) is 0 Å². The van der Waals surface area contributed by atoms with E-state index in [1.165, 1.54) is 0 Å². The number of oxazole rings is 1. The second-order valence-corrected chi connectivity index (χ2v) is 3.85. The maximum atomic E-state index is 11.3. The molecule has 1 unspecified atom stereocenters. The minimum atomic E-state index is -0.538. The molecular formula is C11H13N3O3. The van der Waals surface area contributed by atoms with Crippen molar-refractivity contribution in [3.05, 3.63) is 34.3 Å². The highest BCUT2D eigenvalue weighted by Gasteiger charge is 2.07. The summed E-state index contributed by atoms with van der Waals surface area (Å²) in [5.74, 6) is -0.711. The molecule has 1 aromatic heterocycles. The van der Waals surface area contributed by atoms with Gasteiger partial charge in [-0.2, -0.15) is 0 Å². The fourth-order valence-corrected chi connectivity index (χ4v) is 1.45. The van der Waals surface area contributed by atoms with Crippen LogP contribution in [0, 0.1) is 0 Å². The number of fused-ring (bicyclic) bond motifs is 1. The molecule has 2 aromatic rings. The topological polar surface area (TPSA) is 101 Å². The molecule has 90 valence electrons. The molecule has 0 aliphatic carbocycles. The first kappa shape index (κ1) is 11.4. The van der Waals surface area contributed by atoms with Crippen molar-refractivity contribution in [1.29, 1.82) is 0 Å². The smallest absolute Gasteiger partial charge is 0.408 e. The lowest BCUT2D eigenvalue weighted by molar-refractivity contribution is -0.122. The lowest BCUT2D eigenvalue weighted by Gasteiger charge is -2.07. The minimum absolute atomic E-state index is 0.222. The number of H-pyrrole nitrogens is 1. The quantitative estimate of drug-likeness (QED) is 0.701. The maximum absolute atomic E-state index is 11.3. The Bertz CT molecular complexity index is 597. The number of carbonyl (C=O) groups excluding carboxylic acids is 1. The molecule has 2 rings (SSSR count). The van der Waals surface area contributed by atoms with Crippen LogP contribution >= 0.6 is 0 Å². The molecule has 0 aliphatic rings. The van der Waals surface area contributed by atoms with Gasteiger partial charge in [0.05, 0.1) is 11.6 Å². The van der Waals surface area contributed by atoms with E-state index in [4.69, 9.17) is 10.2 Å². The standard InChI is InChI=1S/C11H13N3O3/c1-6(12)10(15)13-5-7-2-3-8-9(4-7)17-11(16)14-8/h2-4,6H,5,12H2,1H3,(H,13,15)(H,14,16). The van der Waals surface area contributed by atoms with E-state index >= 15 is 0 Å². The average molecular weight is 235 g/mol. The van der Waals surface area contributed by atoms with Crippen molar-refractivity contribution in [2.45, 2.75) is 19.5 Å². The van der Waals surface area contributed by atoms with Crippen LogP contribution in [0.15, 0.2) is 27.4 Å². The van der Waals surface area contributed by atoms with Crippen molar-refractivity contribution in [2.24, 2.45) is 5.73 Å². The number of amides is 1. The molecule has 1 heterocycles. The molecule has 1 aromatic carbocycles. The fraction of sp³-hybridized carbons (Fsp3) is 0.273. The number of hydrogen-bond acceptors (Lipinski definition) is 4. The second kappa shape index (κ2) is 4.42. The summed E-state index contributed by atoms with van der Waals surface area (Å²) in [6, 6.07) is 4.70. The van der Waals surface area contributed by atoms with Crippen LogP contribution in [0.1, 0.15) is 12.5 Å². The van der Waals surface area contributed by atoms with Gasteiger partial charge in [0.15, 0.2) is 5.58 Å². The summed E-state index contributed by atoms with van der Waals surface area (Å²) in [4.78, 5) is 24.8. The third kappa shape index (κ3) is 2.54. The summed E-state index contributed by atoms with van der Waals surface area (Å²) < 4.78 is 4.91. The molecular weight excluding hydrogens is 222 g/mol. The van der Waals surface area contributed by atoms with E-state index in [0.29, 0.717) is 17.6 Å². The monoisotopic (exact) mass is 235 g/mol. The summed E-state index contributed by atoms with van der Waals surface area (Å²) >= 11 is 0. The van der Waals surface area contributed by atoms with Gasteiger partial charge in [0.1, 0.15) is 0 Å². The molecule has 6 nitrogen and oxygen atoms in total. The molecule has 17 heavy (non-hydrogen) atoms. The van der Waals surface area contributed by atoms with E-state index in [9.17, 15) is 9.59 Å². The van der Waals surface area contributed by atoms with Gasteiger partial charge in [-0.15, -0.1) is 0 Å². The predicted octanol–water partition coefficient (Wildman–Crippen LogP) is 0.0845. The van der Waals surface area contributed by atoms with Crippen LogP contribution in [0.3, 0.4) is 0 Å². The lowest BCUT2D eigenvalue weighted by atomic mass is 10.2. The van der Waals surface area contributed by atoms with Crippen molar-refractivity contribution in [2.75, 3.05) is 0 Å². The zero-order valence-electron chi connectivity index (χ0n) is 9.32. The van der Waals surface area contributed by atoms with Gasteiger partial charge >= 0.3 is 5.76 Å². The molecule has 0 fully saturated rings. The number of rotatable bonds is 3. The van der Waals surface area contributed by atoms with Gasteiger partial charge in [0.25, 0.3) is 0 Å². The number of nitrogens with one attached hydrogen (secondary N) is 2. The molecule has 0 spiro atoms. The molecule has 0 radical (unpaired) electrons. The second-order valence-electron chi connectivity index (χ2n) is 3.85. The zero-order valence-corrected chi connectivity index (χ0v) is 9.32. The van der Waals surface area contributed by atoms with Crippen molar-refractivity contribution in [3.8, 4) is 0 Å². The van der Waals surface area contributed by atoms with Gasteiger partial charge in [0, 0.05) is 6.54 Å². The van der Waals surface area contributed by atoms with Crippen LogP contribution in [0.5, 0.6) is 0 Å². The first-order chi connectivity index (χ1) is 8.06. The lowest BCUT2D eigenvalue weighted by Crippen LogP contribution is -2.37. The third-order valence-corrected chi connectivity index (χ3v) is 2.37. The van der Waals surface area contributed by atoms with Crippen LogP contribution < -0.4 is 16.8 Å². The molecule has 1 amide bonds. The Morgan fingerprint density at radius 2 is 2.35 bits per heavy atom. The van der Waals surface area contributed by atoms with Gasteiger partial charge in [-0.25, -0.2) is 4.79 Å². The molecule has 6 heteroatoms. The van der Waals surface area contributed by atoms with Gasteiger partial charge in [0.2, 0.25) is 5.91 Å². The van der Waals surface area contributed by atoms with Crippen molar-refractivity contribution in [3.63, 3.8) is 0 Å². The Kier molecular flexibility index (Phi) is 2.97.